The molecule has 2 rings (SSSR count). The molecule has 0 spiro atoms. The highest BCUT2D eigenvalue weighted by atomic mass is 35.5. The molecule has 3 N–H and O–H groups in total. The third kappa shape index (κ3) is 4.55. The van der Waals surface area contributed by atoms with Crippen LogP contribution >= 0.6 is 12.4 Å². The summed E-state index contributed by atoms with van der Waals surface area (Å²) in [6.45, 7) is 5.62. The van der Waals surface area contributed by atoms with Crippen LogP contribution in [0.3, 0.4) is 0 Å². The molecule has 1 saturated heterocycles. The molecule has 3 atom stereocenters. The van der Waals surface area contributed by atoms with Crippen LogP contribution in [0.5, 0.6) is 0 Å². The van der Waals surface area contributed by atoms with Gasteiger partial charge in [-0.2, -0.15) is 5.10 Å². The van der Waals surface area contributed by atoms with Gasteiger partial charge in [-0.3, -0.25) is 4.79 Å². The van der Waals surface area contributed by atoms with Crippen LogP contribution in [0.2, 0.25) is 0 Å². The quantitative estimate of drug-likeness (QED) is 0.824. The number of hydrogen-bond donors (Lipinski definition) is 2. The summed E-state index contributed by atoms with van der Waals surface area (Å²) in [4.78, 5) is 14.3. The Morgan fingerprint density at radius 3 is 3.00 bits per heavy atom. The molecule has 0 radical (unpaired) electrons. The van der Waals surface area contributed by atoms with E-state index in [0.717, 1.165) is 31.6 Å². The second-order valence-corrected chi connectivity index (χ2v) is 5.73. The van der Waals surface area contributed by atoms with Gasteiger partial charge in [-0.25, -0.2) is 0 Å². The zero-order valence-electron chi connectivity index (χ0n) is 13.2. The van der Waals surface area contributed by atoms with E-state index < -0.39 is 6.04 Å². The lowest BCUT2D eigenvalue weighted by Crippen LogP contribution is -2.48. The van der Waals surface area contributed by atoms with Gasteiger partial charge < -0.3 is 16.0 Å². The molecule has 1 amide bonds. The zero-order valence-corrected chi connectivity index (χ0v) is 14.1. The van der Waals surface area contributed by atoms with Crippen LogP contribution in [0.15, 0.2) is 18.3 Å². The van der Waals surface area contributed by atoms with Crippen LogP contribution in [-0.4, -0.2) is 41.3 Å². The summed E-state index contributed by atoms with van der Waals surface area (Å²) in [5, 5.41) is 11.1. The monoisotopic (exact) mass is 327 g/mol. The van der Waals surface area contributed by atoms with Crippen LogP contribution in [0.1, 0.15) is 33.1 Å². The fourth-order valence-corrected chi connectivity index (χ4v) is 2.64. The first-order chi connectivity index (χ1) is 10.1. The molecule has 1 aliphatic rings. The zero-order chi connectivity index (χ0) is 15.2. The van der Waals surface area contributed by atoms with Gasteiger partial charge in [0, 0.05) is 25.3 Å². The molecule has 0 aromatic carbocycles. The van der Waals surface area contributed by atoms with Crippen LogP contribution in [0.25, 0.3) is 0 Å². The predicted molar refractivity (Wildman–Crippen MR) is 90.1 cm³/mol. The number of nitrogens with one attached hydrogen (secondary N) is 1. The van der Waals surface area contributed by atoms with E-state index >= 15 is 0 Å². The lowest BCUT2D eigenvalue weighted by Gasteiger charge is -2.26. The van der Waals surface area contributed by atoms with Crippen LogP contribution < -0.4 is 16.0 Å². The highest BCUT2D eigenvalue weighted by molar-refractivity contribution is 5.85. The molecule has 0 saturated carbocycles. The fourth-order valence-electron chi connectivity index (χ4n) is 2.64. The Hall–Kier alpha value is -1.40. The van der Waals surface area contributed by atoms with Crippen molar-refractivity contribution in [1.29, 1.82) is 0 Å². The van der Waals surface area contributed by atoms with Crippen molar-refractivity contribution in [2.24, 2.45) is 11.7 Å². The van der Waals surface area contributed by atoms with Crippen molar-refractivity contribution in [1.82, 2.24) is 15.5 Å². The summed E-state index contributed by atoms with van der Waals surface area (Å²) in [6.07, 6.45) is 4.73. The first kappa shape index (κ1) is 18.6. The normalized spacial score (nSPS) is 20.1. The third-order valence-electron chi connectivity index (χ3n) is 4.30. The maximum absolute atomic E-state index is 12.1. The van der Waals surface area contributed by atoms with Gasteiger partial charge >= 0.3 is 0 Å². The van der Waals surface area contributed by atoms with E-state index in [1.165, 1.54) is 0 Å². The molecule has 0 aliphatic carbocycles. The van der Waals surface area contributed by atoms with Crippen molar-refractivity contribution in [3.05, 3.63) is 18.3 Å². The smallest absolute Gasteiger partial charge is 0.237 e. The number of carbonyl (C=O) groups excluding carboxylic acids is 1. The lowest BCUT2D eigenvalue weighted by molar-refractivity contribution is -0.123. The third-order valence-corrected chi connectivity index (χ3v) is 4.30. The molecule has 2 heterocycles. The summed E-state index contributed by atoms with van der Waals surface area (Å²) < 4.78 is 0. The number of aromatic nitrogens is 2. The molecule has 0 bridgehead atoms. The Bertz CT molecular complexity index is 459. The highest BCUT2D eigenvalue weighted by Crippen LogP contribution is 2.22. The summed E-state index contributed by atoms with van der Waals surface area (Å²) in [7, 11) is 0. The van der Waals surface area contributed by atoms with E-state index in [1.54, 1.807) is 6.20 Å². The average molecular weight is 328 g/mol. The van der Waals surface area contributed by atoms with E-state index in [0.29, 0.717) is 6.54 Å². The maximum atomic E-state index is 12.1. The van der Waals surface area contributed by atoms with E-state index in [4.69, 9.17) is 5.73 Å². The molecular weight excluding hydrogens is 302 g/mol. The molecule has 1 aliphatic heterocycles. The SMILES string of the molecule is CCC(C)C(N)C(=O)NCC1CCCN1c1cccnn1.Cl. The predicted octanol–water partition coefficient (Wildman–Crippen LogP) is 1.36. The number of nitrogens with zero attached hydrogens (tertiary/aromatic N) is 3. The number of rotatable bonds is 6. The Balaban J connectivity index is 0.00000242. The Morgan fingerprint density at radius 1 is 1.59 bits per heavy atom. The molecule has 22 heavy (non-hydrogen) atoms. The summed E-state index contributed by atoms with van der Waals surface area (Å²) in [6, 6.07) is 3.68. The molecule has 1 fully saturated rings. The van der Waals surface area contributed by atoms with Crippen LogP contribution in [0.4, 0.5) is 5.82 Å². The van der Waals surface area contributed by atoms with E-state index in [-0.39, 0.29) is 30.3 Å². The van der Waals surface area contributed by atoms with Gasteiger partial charge in [0.2, 0.25) is 5.91 Å². The van der Waals surface area contributed by atoms with E-state index in [2.05, 4.69) is 20.4 Å². The number of hydrogen-bond acceptors (Lipinski definition) is 5. The molecule has 1 aromatic rings. The molecule has 124 valence electrons. The minimum absolute atomic E-state index is 0. The second kappa shape index (κ2) is 8.90. The van der Waals surface area contributed by atoms with Crippen molar-refractivity contribution in [2.75, 3.05) is 18.0 Å². The van der Waals surface area contributed by atoms with Crippen LogP contribution in [-0.2, 0) is 4.79 Å². The van der Waals surface area contributed by atoms with Crippen molar-refractivity contribution >= 4 is 24.1 Å². The number of anilines is 1. The van der Waals surface area contributed by atoms with E-state index in [1.807, 2.05) is 26.0 Å². The van der Waals surface area contributed by atoms with Gasteiger partial charge in [-0.1, -0.05) is 20.3 Å². The Kier molecular flexibility index (Phi) is 7.55. The van der Waals surface area contributed by atoms with E-state index in [9.17, 15) is 4.79 Å². The van der Waals surface area contributed by atoms with Gasteiger partial charge in [0.15, 0.2) is 5.82 Å². The lowest BCUT2D eigenvalue weighted by atomic mass is 9.99. The standard InChI is InChI=1S/C15H25N5O.ClH/c1-3-11(2)14(16)15(21)17-10-12-6-5-9-20(12)13-7-4-8-18-19-13;/h4,7-8,11-12,14H,3,5-6,9-10,16H2,1-2H3,(H,17,21);1H. The first-order valence-corrected chi connectivity index (χ1v) is 7.71. The molecule has 1 aromatic heterocycles. The summed E-state index contributed by atoms with van der Waals surface area (Å²) in [5.74, 6) is 1.01. The molecule has 3 unspecified atom stereocenters. The topological polar surface area (TPSA) is 84.1 Å². The number of nitrogens with two attached hydrogens (primary N) is 1. The van der Waals surface area contributed by atoms with Gasteiger partial charge in [0.1, 0.15) is 0 Å². The summed E-state index contributed by atoms with van der Waals surface area (Å²) in [5.41, 5.74) is 5.95. The number of carbonyl (C=O) groups is 1. The number of amides is 1. The van der Waals surface area contributed by atoms with Crippen molar-refractivity contribution in [2.45, 2.75) is 45.2 Å². The molecule has 6 nitrogen and oxygen atoms in total. The van der Waals surface area contributed by atoms with Gasteiger partial charge in [0.05, 0.1) is 6.04 Å². The summed E-state index contributed by atoms with van der Waals surface area (Å²) >= 11 is 0. The van der Waals surface area contributed by atoms with Crippen molar-refractivity contribution in [3.63, 3.8) is 0 Å². The van der Waals surface area contributed by atoms with Gasteiger partial charge in [-0.15, -0.1) is 17.5 Å². The minimum atomic E-state index is -0.429. The Morgan fingerprint density at radius 2 is 2.36 bits per heavy atom. The highest BCUT2D eigenvalue weighted by Gasteiger charge is 2.27. The largest absolute Gasteiger partial charge is 0.353 e. The first-order valence-electron chi connectivity index (χ1n) is 7.71. The second-order valence-electron chi connectivity index (χ2n) is 5.73. The molecule has 7 heteroatoms. The van der Waals surface area contributed by atoms with Crippen molar-refractivity contribution in [3.8, 4) is 0 Å². The maximum Gasteiger partial charge on any atom is 0.237 e. The van der Waals surface area contributed by atoms with Gasteiger partial charge in [0.25, 0.3) is 0 Å². The van der Waals surface area contributed by atoms with Crippen molar-refractivity contribution < 1.29 is 4.79 Å². The minimum Gasteiger partial charge on any atom is -0.353 e. The molecular formula is C15H26ClN5O. The van der Waals surface area contributed by atoms with Gasteiger partial charge in [-0.05, 0) is 30.9 Å². The average Bonchev–Trinajstić information content (AvgIpc) is 3.00. The Labute approximate surface area is 138 Å². The fraction of sp³-hybridized carbons (Fsp3) is 0.667. The number of halogens is 1. The van der Waals surface area contributed by atoms with Crippen LogP contribution in [0, 0.1) is 5.92 Å².